The molecular weight excluding hydrogens is 338 g/mol. The molecule has 0 saturated carbocycles. The SMILES string of the molecule is C=C(OC)c1ccc(Nc2nc(Br)ccc2[N+](=O)[O-])cc1. The summed E-state index contributed by atoms with van der Waals surface area (Å²) in [6, 6.07) is 10.1. The molecule has 2 rings (SSSR count). The minimum Gasteiger partial charge on any atom is -0.497 e. The monoisotopic (exact) mass is 349 g/mol. The second-order valence-electron chi connectivity index (χ2n) is 4.09. The second-order valence-corrected chi connectivity index (χ2v) is 4.90. The molecular formula is C14H12BrN3O3. The first kappa shape index (κ1) is 15.0. The predicted molar refractivity (Wildman–Crippen MR) is 84.4 cm³/mol. The second kappa shape index (κ2) is 6.36. The topological polar surface area (TPSA) is 77.3 Å². The highest BCUT2D eigenvalue weighted by Gasteiger charge is 2.15. The van der Waals surface area contributed by atoms with Crippen molar-refractivity contribution in [1.29, 1.82) is 0 Å². The van der Waals surface area contributed by atoms with Gasteiger partial charge in [-0.15, -0.1) is 0 Å². The smallest absolute Gasteiger partial charge is 0.311 e. The summed E-state index contributed by atoms with van der Waals surface area (Å²) in [7, 11) is 1.54. The number of hydrogen-bond donors (Lipinski definition) is 1. The molecule has 0 amide bonds. The van der Waals surface area contributed by atoms with E-state index in [0.717, 1.165) is 5.56 Å². The molecule has 7 heteroatoms. The van der Waals surface area contributed by atoms with E-state index >= 15 is 0 Å². The average molecular weight is 350 g/mol. The summed E-state index contributed by atoms with van der Waals surface area (Å²) >= 11 is 3.20. The van der Waals surface area contributed by atoms with Crippen LogP contribution in [0.4, 0.5) is 17.2 Å². The van der Waals surface area contributed by atoms with Gasteiger partial charge in [0, 0.05) is 17.3 Å². The maximum atomic E-state index is 11.0. The number of halogens is 1. The molecule has 0 saturated heterocycles. The minimum atomic E-state index is -0.483. The van der Waals surface area contributed by atoms with E-state index in [1.54, 1.807) is 31.4 Å². The van der Waals surface area contributed by atoms with Gasteiger partial charge in [-0.3, -0.25) is 10.1 Å². The number of nitrogens with one attached hydrogen (secondary N) is 1. The third-order valence-corrected chi connectivity index (χ3v) is 3.19. The molecule has 1 aromatic carbocycles. The van der Waals surface area contributed by atoms with E-state index in [1.165, 1.54) is 12.1 Å². The largest absolute Gasteiger partial charge is 0.497 e. The Morgan fingerprint density at radius 3 is 2.57 bits per heavy atom. The Kier molecular flexibility index (Phi) is 4.54. The highest BCUT2D eigenvalue weighted by molar-refractivity contribution is 9.10. The van der Waals surface area contributed by atoms with Crippen LogP contribution in [0, 0.1) is 10.1 Å². The van der Waals surface area contributed by atoms with Crippen LogP contribution >= 0.6 is 15.9 Å². The van der Waals surface area contributed by atoms with Gasteiger partial charge in [0.15, 0.2) is 0 Å². The lowest BCUT2D eigenvalue weighted by Gasteiger charge is -2.08. The standard InChI is InChI=1S/C14H12BrN3O3/c1-9(21-2)10-3-5-11(6-4-10)16-14-12(18(19)20)7-8-13(15)17-14/h3-8H,1H2,2H3,(H,16,17). The normalized spacial score (nSPS) is 10.0. The number of hydrogen-bond acceptors (Lipinski definition) is 5. The minimum absolute atomic E-state index is 0.0939. The van der Waals surface area contributed by atoms with Crippen molar-refractivity contribution in [3.63, 3.8) is 0 Å². The molecule has 108 valence electrons. The molecule has 0 aliphatic heterocycles. The number of ether oxygens (including phenoxy) is 1. The molecule has 21 heavy (non-hydrogen) atoms. The molecule has 0 fully saturated rings. The Morgan fingerprint density at radius 1 is 1.33 bits per heavy atom. The van der Waals surface area contributed by atoms with Crippen LogP contribution in [-0.2, 0) is 4.74 Å². The van der Waals surface area contributed by atoms with Crippen LogP contribution in [0.2, 0.25) is 0 Å². The Labute approximate surface area is 129 Å². The van der Waals surface area contributed by atoms with Gasteiger partial charge in [-0.2, -0.15) is 0 Å². The van der Waals surface area contributed by atoms with Gasteiger partial charge < -0.3 is 10.1 Å². The first-order chi connectivity index (χ1) is 10.0. The fourth-order valence-corrected chi connectivity index (χ4v) is 1.97. The summed E-state index contributed by atoms with van der Waals surface area (Å²) in [5.74, 6) is 0.723. The van der Waals surface area contributed by atoms with Gasteiger partial charge in [0.25, 0.3) is 0 Å². The Balaban J connectivity index is 2.28. The van der Waals surface area contributed by atoms with Gasteiger partial charge in [-0.1, -0.05) is 6.58 Å². The molecule has 0 aliphatic rings. The van der Waals surface area contributed by atoms with Crippen molar-refractivity contribution in [1.82, 2.24) is 4.98 Å². The number of rotatable bonds is 5. The van der Waals surface area contributed by atoms with Gasteiger partial charge in [0.2, 0.25) is 5.82 Å². The number of nitrogens with zero attached hydrogens (tertiary/aromatic N) is 2. The van der Waals surface area contributed by atoms with E-state index in [2.05, 4.69) is 32.8 Å². The molecule has 0 radical (unpaired) electrons. The van der Waals surface area contributed by atoms with Crippen molar-refractivity contribution in [2.24, 2.45) is 0 Å². The molecule has 0 atom stereocenters. The summed E-state index contributed by atoms with van der Waals surface area (Å²) in [5, 5.41) is 13.9. The predicted octanol–water partition coefficient (Wildman–Crippen LogP) is 4.11. The van der Waals surface area contributed by atoms with Gasteiger partial charge >= 0.3 is 5.69 Å². The van der Waals surface area contributed by atoms with Crippen molar-refractivity contribution in [2.75, 3.05) is 12.4 Å². The summed E-state index contributed by atoms with van der Waals surface area (Å²) in [4.78, 5) is 14.6. The third-order valence-electron chi connectivity index (χ3n) is 2.75. The molecule has 0 bridgehead atoms. The van der Waals surface area contributed by atoms with Crippen LogP contribution < -0.4 is 5.32 Å². The number of anilines is 2. The zero-order valence-electron chi connectivity index (χ0n) is 11.2. The van der Waals surface area contributed by atoms with E-state index in [1.807, 2.05) is 0 Å². The van der Waals surface area contributed by atoms with Gasteiger partial charge in [-0.05, 0) is 46.3 Å². The van der Waals surface area contributed by atoms with E-state index in [9.17, 15) is 10.1 Å². The summed E-state index contributed by atoms with van der Waals surface area (Å²) in [6.07, 6.45) is 0. The molecule has 0 unspecified atom stereocenters. The quantitative estimate of drug-likeness (QED) is 0.380. The Morgan fingerprint density at radius 2 is 2.00 bits per heavy atom. The number of methoxy groups -OCH3 is 1. The van der Waals surface area contributed by atoms with E-state index in [-0.39, 0.29) is 11.5 Å². The van der Waals surface area contributed by atoms with E-state index in [0.29, 0.717) is 16.0 Å². The van der Waals surface area contributed by atoms with Crippen LogP contribution in [-0.4, -0.2) is 17.0 Å². The molecule has 2 aromatic rings. The first-order valence-electron chi connectivity index (χ1n) is 5.92. The Hall–Kier alpha value is -2.41. The lowest BCUT2D eigenvalue weighted by molar-refractivity contribution is -0.384. The molecule has 1 N–H and O–H groups in total. The Bertz CT molecular complexity index is 686. The summed E-state index contributed by atoms with van der Waals surface area (Å²) in [6.45, 7) is 3.76. The molecule has 6 nitrogen and oxygen atoms in total. The van der Waals surface area contributed by atoms with Gasteiger partial charge in [-0.25, -0.2) is 4.98 Å². The van der Waals surface area contributed by atoms with Crippen LogP contribution in [0.3, 0.4) is 0 Å². The van der Waals surface area contributed by atoms with E-state index in [4.69, 9.17) is 4.74 Å². The lowest BCUT2D eigenvalue weighted by atomic mass is 10.2. The molecule has 1 aromatic heterocycles. The number of benzene rings is 1. The summed E-state index contributed by atoms with van der Waals surface area (Å²) in [5.41, 5.74) is 1.42. The number of aromatic nitrogens is 1. The molecule has 0 aliphatic carbocycles. The van der Waals surface area contributed by atoms with Gasteiger partial charge in [0.05, 0.1) is 12.0 Å². The van der Waals surface area contributed by atoms with Crippen LogP contribution in [0.5, 0.6) is 0 Å². The fourth-order valence-electron chi connectivity index (χ4n) is 1.66. The van der Waals surface area contributed by atoms with Crippen LogP contribution in [0.15, 0.2) is 47.6 Å². The first-order valence-corrected chi connectivity index (χ1v) is 6.72. The zero-order valence-corrected chi connectivity index (χ0v) is 12.8. The van der Waals surface area contributed by atoms with Crippen LogP contribution in [0.25, 0.3) is 5.76 Å². The lowest BCUT2D eigenvalue weighted by Crippen LogP contribution is -2.00. The van der Waals surface area contributed by atoms with Crippen LogP contribution in [0.1, 0.15) is 5.56 Å². The fraction of sp³-hybridized carbons (Fsp3) is 0.0714. The number of nitro groups is 1. The number of pyridine rings is 1. The van der Waals surface area contributed by atoms with Crippen molar-refractivity contribution in [3.05, 3.63) is 63.3 Å². The van der Waals surface area contributed by atoms with Gasteiger partial charge in [0.1, 0.15) is 10.4 Å². The van der Waals surface area contributed by atoms with Crippen molar-refractivity contribution in [2.45, 2.75) is 0 Å². The highest BCUT2D eigenvalue weighted by atomic mass is 79.9. The molecule has 1 heterocycles. The highest BCUT2D eigenvalue weighted by Crippen LogP contribution is 2.27. The summed E-state index contributed by atoms with van der Waals surface area (Å²) < 4.78 is 5.55. The maximum Gasteiger partial charge on any atom is 0.311 e. The molecule has 0 spiro atoms. The average Bonchev–Trinajstić information content (AvgIpc) is 2.47. The maximum absolute atomic E-state index is 11.0. The zero-order chi connectivity index (χ0) is 15.4. The van der Waals surface area contributed by atoms with Crippen molar-refractivity contribution in [3.8, 4) is 0 Å². The van der Waals surface area contributed by atoms with Crippen molar-refractivity contribution >= 4 is 38.9 Å². The van der Waals surface area contributed by atoms with Crippen molar-refractivity contribution < 1.29 is 9.66 Å². The van der Waals surface area contributed by atoms with E-state index < -0.39 is 4.92 Å². The third kappa shape index (κ3) is 3.57.